The Balaban J connectivity index is 1.79. The van der Waals surface area contributed by atoms with E-state index in [9.17, 15) is 4.79 Å². The van der Waals surface area contributed by atoms with E-state index in [1.807, 2.05) is 18.0 Å². The Kier molecular flexibility index (Phi) is 4.19. The number of methoxy groups -OCH3 is 1. The first-order chi connectivity index (χ1) is 11.0. The Labute approximate surface area is 137 Å². The van der Waals surface area contributed by atoms with E-state index in [-0.39, 0.29) is 11.6 Å². The monoisotopic (exact) mass is 319 g/mol. The molecule has 126 valence electrons. The lowest BCUT2D eigenvalue weighted by Gasteiger charge is -2.44. The summed E-state index contributed by atoms with van der Waals surface area (Å²) in [6.45, 7) is 9.83. The molecule has 2 aliphatic heterocycles. The largest absolute Gasteiger partial charge is 0.496 e. The minimum atomic E-state index is -0.183. The molecule has 1 aromatic heterocycles. The zero-order valence-electron chi connectivity index (χ0n) is 14.4. The van der Waals surface area contributed by atoms with Gasteiger partial charge in [0.1, 0.15) is 12.4 Å². The van der Waals surface area contributed by atoms with E-state index in [1.165, 1.54) is 0 Å². The van der Waals surface area contributed by atoms with Gasteiger partial charge >= 0.3 is 6.09 Å². The highest BCUT2D eigenvalue weighted by Gasteiger charge is 2.49. The first kappa shape index (κ1) is 16.1. The van der Waals surface area contributed by atoms with Crippen LogP contribution in [0.4, 0.5) is 4.79 Å². The number of amides is 1. The summed E-state index contributed by atoms with van der Waals surface area (Å²) in [5.41, 5.74) is 3.01. The van der Waals surface area contributed by atoms with Gasteiger partial charge in [0.05, 0.1) is 18.3 Å². The molecule has 0 bridgehead atoms. The van der Waals surface area contributed by atoms with Gasteiger partial charge in [-0.05, 0) is 20.3 Å². The van der Waals surface area contributed by atoms with Crippen LogP contribution >= 0.6 is 0 Å². The van der Waals surface area contributed by atoms with Crippen LogP contribution in [0.25, 0.3) is 0 Å². The standard InChI is InChI=1S/C17H25N3O3/c1-5-17-10-19(6-7-20(17)16(21)23-11-17)9-14-13(3)15(22-4)12(2)8-18-14/h8H,5-7,9-11H2,1-4H3. The Hall–Kier alpha value is -1.82. The summed E-state index contributed by atoms with van der Waals surface area (Å²) in [7, 11) is 1.70. The molecule has 1 aromatic rings. The molecule has 2 saturated heterocycles. The van der Waals surface area contributed by atoms with Gasteiger partial charge in [0, 0.05) is 43.5 Å². The van der Waals surface area contributed by atoms with Gasteiger partial charge in [0.25, 0.3) is 0 Å². The van der Waals surface area contributed by atoms with Crippen molar-refractivity contribution in [2.45, 2.75) is 39.3 Å². The second-order valence-corrected chi connectivity index (χ2v) is 6.54. The highest BCUT2D eigenvalue weighted by atomic mass is 16.6. The van der Waals surface area contributed by atoms with E-state index in [2.05, 4.69) is 23.7 Å². The molecule has 1 atom stereocenters. The van der Waals surface area contributed by atoms with Crippen LogP contribution in [0.2, 0.25) is 0 Å². The molecule has 1 unspecified atom stereocenters. The number of cyclic esters (lactones) is 1. The van der Waals surface area contributed by atoms with Crippen molar-refractivity contribution in [2.24, 2.45) is 0 Å². The highest BCUT2D eigenvalue weighted by molar-refractivity contribution is 5.71. The maximum absolute atomic E-state index is 11.9. The molecule has 23 heavy (non-hydrogen) atoms. The van der Waals surface area contributed by atoms with Crippen LogP contribution in [-0.2, 0) is 11.3 Å². The fraction of sp³-hybridized carbons (Fsp3) is 0.647. The van der Waals surface area contributed by atoms with E-state index in [4.69, 9.17) is 9.47 Å². The minimum Gasteiger partial charge on any atom is -0.496 e. The van der Waals surface area contributed by atoms with Crippen LogP contribution < -0.4 is 4.74 Å². The quantitative estimate of drug-likeness (QED) is 0.851. The lowest BCUT2D eigenvalue weighted by molar-refractivity contribution is 0.0442. The van der Waals surface area contributed by atoms with Gasteiger partial charge in [-0.25, -0.2) is 4.79 Å². The summed E-state index contributed by atoms with van der Waals surface area (Å²) in [6, 6.07) is 0. The lowest BCUT2D eigenvalue weighted by Crippen LogP contribution is -2.60. The molecule has 2 fully saturated rings. The van der Waals surface area contributed by atoms with Gasteiger partial charge in [0.15, 0.2) is 0 Å². The van der Waals surface area contributed by atoms with Crippen molar-refractivity contribution in [1.82, 2.24) is 14.8 Å². The molecule has 2 aliphatic rings. The molecule has 0 aliphatic carbocycles. The number of fused-ring (bicyclic) bond motifs is 1. The highest BCUT2D eigenvalue weighted by Crippen LogP contribution is 2.33. The molecular formula is C17H25N3O3. The summed E-state index contributed by atoms with van der Waals surface area (Å²) in [4.78, 5) is 20.7. The number of ether oxygens (including phenoxy) is 2. The number of aryl methyl sites for hydroxylation is 1. The summed E-state index contributed by atoms with van der Waals surface area (Å²) in [6.07, 6.45) is 2.60. The molecule has 6 heteroatoms. The van der Waals surface area contributed by atoms with Crippen molar-refractivity contribution in [1.29, 1.82) is 0 Å². The number of carbonyl (C=O) groups is 1. The normalized spacial score (nSPS) is 24.5. The Morgan fingerprint density at radius 3 is 2.87 bits per heavy atom. The molecule has 3 rings (SSSR count). The van der Waals surface area contributed by atoms with E-state index >= 15 is 0 Å². The van der Waals surface area contributed by atoms with Crippen molar-refractivity contribution in [3.8, 4) is 5.75 Å². The van der Waals surface area contributed by atoms with Crippen molar-refractivity contribution in [2.75, 3.05) is 33.4 Å². The second kappa shape index (κ2) is 6.00. The summed E-state index contributed by atoms with van der Waals surface area (Å²) in [5.74, 6) is 0.915. The number of aromatic nitrogens is 1. The second-order valence-electron chi connectivity index (χ2n) is 6.54. The number of pyridine rings is 1. The van der Waals surface area contributed by atoms with Crippen LogP contribution in [0.5, 0.6) is 5.75 Å². The lowest BCUT2D eigenvalue weighted by atomic mass is 9.92. The Bertz CT molecular complexity index is 619. The average Bonchev–Trinajstić information content (AvgIpc) is 2.88. The summed E-state index contributed by atoms with van der Waals surface area (Å²) < 4.78 is 10.8. The molecule has 3 heterocycles. The Morgan fingerprint density at radius 2 is 2.17 bits per heavy atom. The van der Waals surface area contributed by atoms with E-state index in [0.717, 1.165) is 48.6 Å². The van der Waals surface area contributed by atoms with Crippen molar-refractivity contribution in [3.63, 3.8) is 0 Å². The van der Waals surface area contributed by atoms with E-state index in [1.54, 1.807) is 7.11 Å². The van der Waals surface area contributed by atoms with Crippen LogP contribution in [0.3, 0.4) is 0 Å². The fourth-order valence-electron chi connectivity index (χ4n) is 3.72. The summed E-state index contributed by atoms with van der Waals surface area (Å²) >= 11 is 0. The molecule has 0 spiro atoms. The molecule has 1 amide bonds. The van der Waals surface area contributed by atoms with Crippen LogP contribution in [0.1, 0.15) is 30.2 Å². The van der Waals surface area contributed by atoms with Crippen molar-refractivity contribution in [3.05, 3.63) is 23.0 Å². The summed E-state index contributed by atoms with van der Waals surface area (Å²) in [5, 5.41) is 0. The molecule has 0 N–H and O–H groups in total. The number of hydrogen-bond donors (Lipinski definition) is 0. The molecule has 0 saturated carbocycles. The van der Waals surface area contributed by atoms with Crippen molar-refractivity contribution >= 4 is 6.09 Å². The fourth-order valence-corrected chi connectivity index (χ4v) is 3.72. The topological polar surface area (TPSA) is 54.9 Å². The van der Waals surface area contributed by atoms with Crippen LogP contribution in [-0.4, -0.2) is 59.8 Å². The Morgan fingerprint density at radius 1 is 1.39 bits per heavy atom. The van der Waals surface area contributed by atoms with Crippen LogP contribution in [0.15, 0.2) is 6.20 Å². The van der Waals surface area contributed by atoms with Gasteiger partial charge < -0.3 is 9.47 Å². The number of carbonyl (C=O) groups excluding carboxylic acids is 1. The minimum absolute atomic E-state index is 0.169. The predicted octanol–water partition coefficient (Wildman–Crippen LogP) is 2.12. The zero-order valence-corrected chi connectivity index (χ0v) is 14.4. The third kappa shape index (κ3) is 2.65. The zero-order chi connectivity index (χ0) is 16.6. The average molecular weight is 319 g/mol. The molecule has 0 aromatic carbocycles. The predicted molar refractivity (Wildman–Crippen MR) is 86.6 cm³/mol. The molecular weight excluding hydrogens is 294 g/mol. The SMILES string of the molecule is CCC12COC(=O)N1CCN(Cc1ncc(C)c(OC)c1C)C2. The van der Waals surface area contributed by atoms with Crippen LogP contribution in [0, 0.1) is 13.8 Å². The van der Waals surface area contributed by atoms with Gasteiger partial charge in [-0.1, -0.05) is 6.92 Å². The van der Waals surface area contributed by atoms with E-state index < -0.39 is 0 Å². The number of rotatable bonds is 4. The number of nitrogens with zero attached hydrogens (tertiary/aromatic N) is 3. The maximum atomic E-state index is 11.9. The van der Waals surface area contributed by atoms with Gasteiger partial charge in [0.2, 0.25) is 0 Å². The van der Waals surface area contributed by atoms with Crippen molar-refractivity contribution < 1.29 is 14.3 Å². The maximum Gasteiger partial charge on any atom is 0.410 e. The van der Waals surface area contributed by atoms with E-state index in [0.29, 0.717) is 13.2 Å². The number of piperazine rings is 1. The molecule has 6 nitrogen and oxygen atoms in total. The molecule has 0 radical (unpaired) electrons. The van der Waals surface area contributed by atoms with Gasteiger partial charge in [-0.15, -0.1) is 0 Å². The van der Waals surface area contributed by atoms with Gasteiger partial charge in [-0.3, -0.25) is 14.8 Å². The van der Waals surface area contributed by atoms with Gasteiger partial charge in [-0.2, -0.15) is 0 Å². The third-order valence-corrected chi connectivity index (χ3v) is 5.20. The third-order valence-electron chi connectivity index (χ3n) is 5.20. The number of hydrogen-bond acceptors (Lipinski definition) is 5. The first-order valence-corrected chi connectivity index (χ1v) is 8.16. The smallest absolute Gasteiger partial charge is 0.410 e. The first-order valence-electron chi connectivity index (χ1n) is 8.16.